The third-order valence-electron chi connectivity index (χ3n) is 4.12. The fraction of sp³-hybridized carbons (Fsp3) is 0.562. The summed E-state index contributed by atoms with van der Waals surface area (Å²) in [5, 5.41) is 10.0. The summed E-state index contributed by atoms with van der Waals surface area (Å²) in [6, 6.07) is 7.53. The predicted molar refractivity (Wildman–Crippen MR) is 77.5 cm³/mol. The second-order valence-electron chi connectivity index (χ2n) is 5.60. The first-order valence-electron chi connectivity index (χ1n) is 7.12. The molecule has 0 radical (unpaired) electrons. The summed E-state index contributed by atoms with van der Waals surface area (Å²) in [6.45, 7) is 0. The summed E-state index contributed by atoms with van der Waals surface area (Å²) < 4.78 is 0. The number of halogens is 1. The molecule has 19 heavy (non-hydrogen) atoms. The van der Waals surface area contributed by atoms with Gasteiger partial charge in [0.05, 0.1) is 5.92 Å². The minimum absolute atomic E-state index is 0.279. The van der Waals surface area contributed by atoms with Crippen molar-refractivity contribution >= 4 is 17.6 Å². The van der Waals surface area contributed by atoms with E-state index in [0.717, 1.165) is 24.3 Å². The number of hydrogen-bond acceptors (Lipinski definition) is 1. The van der Waals surface area contributed by atoms with Gasteiger partial charge in [0.1, 0.15) is 0 Å². The van der Waals surface area contributed by atoms with Crippen molar-refractivity contribution < 1.29 is 9.90 Å². The van der Waals surface area contributed by atoms with Gasteiger partial charge >= 0.3 is 5.97 Å². The van der Waals surface area contributed by atoms with Gasteiger partial charge in [0.15, 0.2) is 0 Å². The van der Waals surface area contributed by atoms with Crippen LogP contribution >= 0.6 is 11.6 Å². The average Bonchev–Trinajstić information content (AvgIpc) is 2.87. The predicted octanol–water partition coefficient (Wildman–Crippen LogP) is 4.55. The zero-order valence-electron chi connectivity index (χ0n) is 11.1. The Balaban J connectivity index is 1.90. The van der Waals surface area contributed by atoms with Crippen molar-refractivity contribution in [2.75, 3.05) is 0 Å². The summed E-state index contributed by atoms with van der Waals surface area (Å²) in [7, 11) is 0. The fourth-order valence-corrected chi connectivity index (χ4v) is 3.21. The Morgan fingerprint density at radius 2 is 2.11 bits per heavy atom. The Morgan fingerprint density at radius 3 is 2.74 bits per heavy atom. The molecule has 1 saturated carbocycles. The van der Waals surface area contributed by atoms with Crippen LogP contribution in [0.15, 0.2) is 24.3 Å². The number of rotatable bonds is 6. The van der Waals surface area contributed by atoms with Crippen molar-refractivity contribution in [3.8, 4) is 0 Å². The molecule has 1 N–H and O–H groups in total. The van der Waals surface area contributed by atoms with Gasteiger partial charge in [-0.25, -0.2) is 0 Å². The molecular weight excluding hydrogens is 260 g/mol. The highest BCUT2D eigenvalue weighted by molar-refractivity contribution is 6.30. The van der Waals surface area contributed by atoms with E-state index < -0.39 is 5.97 Å². The maximum atomic E-state index is 11.4. The largest absolute Gasteiger partial charge is 0.481 e. The zero-order valence-corrected chi connectivity index (χ0v) is 11.9. The Kier molecular flexibility index (Phi) is 5.26. The Morgan fingerprint density at radius 1 is 1.37 bits per heavy atom. The van der Waals surface area contributed by atoms with Gasteiger partial charge in [-0.2, -0.15) is 0 Å². The van der Waals surface area contributed by atoms with Gasteiger partial charge in [-0.3, -0.25) is 4.79 Å². The van der Waals surface area contributed by atoms with Crippen LogP contribution in [0, 0.1) is 11.8 Å². The van der Waals surface area contributed by atoms with Crippen molar-refractivity contribution in [1.29, 1.82) is 0 Å². The Labute approximate surface area is 119 Å². The molecule has 0 aromatic heterocycles. The zero-order chi connectivity index (χ0) is 13.7. The summed E-state index contributed by atoms with van der Waals surface area (Å²) in [5.41, 5.74) is 1.02. The molecule has 1 aliphatic rings. The number of hydrogen-bond donors (Lipinski definition) is 1. The van der Waals surface area contributed by atoms with Crippen LogP contribution in [0.25, 0.3) is 0 Å². The van der Waals surface area contributed by atoms with Crippen LogP contribution in [0.1, 0.15) is 44.1 Å². The molecule has 0 bridgehead atoms. The van der Waals surface area contributed by atoms with Crippen molar-refractivity contribution in [3.05, 3.63) is 34.9 Å². The lowest BCUT2D eigenvalue weighted by atomic mass is 9.90. The number of carbonyl (C=O) groups is 1. The summed E-state index contributed by atoms with van der Waals surface area (Å²) in [4.78, 5) is 11.4. The number of aliphatic carboxylic acids is 1. The number of carboxylic acids is 1. The lowest BCUT2D eigenvalue weighted by Gasteiger charge is -2.15. The molecule has 1 aromatic carbocycles. The van der Waals surface area contributed by atoms with Crippen molar-refractivity contribution in [2.45, 2.75) is 44.9 Å². The normalized spacial score (nSPS) is 17.5. The van der Waals surface area contributed by atoms with Gasteiger partial charge < -0.3 is 5.11 Å². The number of carboxylic acid groups (broad SMARTS) is 1. The molecule has 1 atom stereocenters. The second-order valence-corrected chi connectivity index (χ2v) is 6.03. The topological polar surface area (TPSA) is 37.3 Å². The van der Waals surface area contributed by atoms with E-state index in [1.54, 1.807) is 0 Å². The lowest BCUT2D eigenvalue weighted by Crippen LogP contribution is -2.17. The standard InChI is InChI=1S/C16H21ClO2/c17-15-7-3-6-13(11-15)10-14(16(18)19)9-8-12-4-1-2-5-12/h3,6-7,11-12,14H,1-2,4-5,8-10H2,(H,18,19). The number of benzene rings is 1. The molecule has 2 rings (SSSR count). The smallest absolute Gasteiger partial charge is 0.306 e. The molecule has 0 aliphatic heterocycles. The lowest BCUT2D eigenvalue weighted by molar-refractivity contribution is -0.142. The molecule has 1 fully saturated rings. The van der Waals surface area contributed by atoms with E-state index in [1.807, 2.05) is 24.3 Å². The van der Waals surface area contributed by atoms with Crippen LogP contribution in [0.2, 0.25) is 5.02 Å². The maximum absolute atomic E-state index is 11.4. The van der Waals surface area contributed by atoms with Crippen molar-refractivity contribution in [2.24, 2.45) is 11.8 Å². The highest BCUT2D eigenvalue weighted by Gasteiger charge is 2.22. The molecule has 1 unspecified atom stereocenters. The van der Waals surface area contributed by atoms with Gasteiger partial charge in [-0.05, 0) is 42.9 Å². The molecule has 0 spiro atoms. The molecule has 0 heterocycles. The maximum Gasteiger partial charge on any atom is 0.306 e. The first-order valence-corrected chi connectivity index (χ1v) is 7.50. The first-order chi connectivity index (χ1) is 9.15. The fourth-order valence-electron chi connectivity index (χ4n) is 3.00. The monoisotopic (exact) mass is 280 g/mol. The van der Waals surface area contributed by atoms with Crippen molar-refractivity contribution in [1.82, 2.24) is 0 Å². The molecule has 3 heteroatoms. The van der Waals surface area contributed by atoms with Gasteiger partial charge in [0, 0.05) is 5.02 Å². The van der Waals surface area contributed by atoms with E-state index >= 15 is 0 Å². The minimum Gasteiger partial charge on any atom is -0.481 e. The van der Waals surface area contributed by atoms with Crippen LogP contribution in [-0.2, 0) is 11.2 Å². The highest BCUT2D eigenvalue weighted by atomic mass is 35.5. The van der Waals surface area contributed by atoms with Crippen LogP contribution in [0.4, 0.5) is 0 Å². The van der Waals surface area contributed by atoms with Gasteiger partial charge in [-0.1, -0.05) is 49.4 Å². The molecule has 2 nitrogen and oxygen atoms in total. The molecule has 1 aromatic rings. The van der Waals surface area contributed by atoms with Crippen LogP contribution in [-0.4, -0.2) is 11.1 Å². The van der Waals surface area contributed by atoms with Gasteiger partial charge in [-0.15, -0.1) is 0 Å². The van der Waals surface area contributed by atoms with E-state index in [0.29, 0.717) is 11.4 Å². The van der Waals surface area contributed by atoms with E-state index in [2.05, 4.69) is 0 Å². The second kappa shape index (κ2) is 6.95. The highest BCUT2D eigenvalue weighted by Crippen LogP contribution is 2.30. The van der Waals surface area contributed by atoms with E-state index in [9.17, 15) is 9.90 Å². The summed E-state index contributed by atoms with van der Waals surface area (Å²) in [6.07, 6.45) is 7.62. The van der Waals surface area contributed by atoms with Gasteiger partial charge in [0.2, 0.25) is 0 Å². The van der Waals surface area contributed by atoms with Crippen molar-refractivity contribution in [3.63, 3.8) is 0 Å². The quantitative estimate of drug-likeness (QED) is 0.830. The van der Waals surface area contributed by atoms with Crippen LogP contribution in [0.5, 0.6) is 0 Å². The van der Waals surface area contributed by atoms with Gasteiger partial charge in [0.25, 0.3) is 0 Å². The Bertz CT molecular complexity index is 425. The molecule has 0 amide bonds. The first kappa shape index (κ1) is 14.4. The summed E-state index contributed by atoms with van der Waals surface area (Å²) >= 11 is 5.94. The van der Waals surface area contributed by atoms with E-state index in [-0.39, 0.29) is 5.92 Å². The Hall–Kier alpha value is -1.02. The molecular formula is C16H21ClO2. The minimum atomic E-state index is -0.682. The third kappa shape index (κ3) is 4.54. The SMILES string of the molecule is O=C(O)C(CCC1CCCC1)Cc1cccc(Cl)c1. The summed E-state index contributed by atoms with van der Waals surface area (Å²) in [5.74, 6) is -0.210. The van der Waals surface area contributed by atoms with Crippen LogP contribution < -0.4 is 0 Å². The van der Waals surface area contributed by atoms with Crippen LogP contribution in [0.3, 0.4) is 0 Å². The third-order valence-corrected chi connectivity index (χ3v) is 4.35. The van der Waals surface area contributed by atoms with E-state index in [4.69, 9.17) is 11.6 Å². The van der Waals surface area contributed by atoms with E-state index in [1.165, 1.54) is 25.7 Å². The molecule has 1 aliphatic carbocycles. The molecule has 0 saturated heterocycles. The average molecular weight is 281 g/mol. The molecule has 104 valence electrons.